The number of hydrogen-bond acceptors (Lipinski definition) is 5. The summed E-state index contributed by atoms with van der Waals surface area (Å²) in [5.41, 5.74) is -0.137. The lowest BCUT2D eigenvalue weighted by Crippen LogP contribution is -2.55. The van der Waals surface area contributed by atoms with Crippen LogP contribution in [0.25, 0.3) is 0 Å². The van der Waals surface area contributed by atoms with Gasteiger partial charge in [0.15, 0.2) is 0 Å². The molecule has 23 heavy (non-hydrogen) atoms. The second kappa shape index (κ2) is 5.44. The fourth-order valence-electron chi connectivity index (χ4n) is 4.37. The molecule has 1 heterocycles. The predicted octanol–water partition coefficient (Wildman–Crippen LogP) is 2.35. The van der Waals surface area contributed by atoms with Crippen molar-refractivity contribution in [3.05, 3.63) is 46.0 Å². The normalized spacial score (nSPS) is 36.2. The SMILES string of the molecule is CC(=O)[C@H]1C[C@@H]([N+](=O)[O-])[C@@H]2CC(=O)O[C@]2(C)[C@@H]1c1ccccc1. The molecule has 1 aromatic rings. The Morgan fingerprint density at radius 1 is 1.35 bits per heavy atom. The molecule has 1 saturated heterocycles. The smallest absolute Gasteiger partial charge is 0.307 e. The fourth-order valence-corrected chi connectivity index (χ4v) is 4.37. The van der Waals surface area contributed by atoms with E-state index < -0.39 is 29.4 Å². The molecule has 6 heteroatoms. The third-order valence-corrected chi connectivity index (χ3v) is 5.39. The summed E-state index contributed by atoms with van der Waals surface area (Å²) in [4.78, 5) is 35.2. The third kappa shape index (κ3) is 2.42. The van der Waals surface area contributed by atoms with Crippen molar-refractivity contribution in [3.63, 3.8) is 0 Å². The van der Waals surface area contributed by atoms with Crippen LogP contribution in [0, 0.1) is 22.0 Å². The van der Waals surface area contributed by atoms with Gasteiger partial charge in [0, 0.05) is 23.2 Å². The summed E-state index contributed by atoms with van der Waals surface area (Å²) in [7, 11) is 0. The number of fused-ring (bicyclic) bond motifs is 1. The Balaban J connectivity index is 2.13. The lowest BCUT2D eigenvalue weighted by Gasteiger charge is -2.46. The lowest BCUT2D eigenvalue weighted by molar-refractivity contribution is -0.541. The summed E-state index contributed by atoms with van der Waals surface area (Å²) in [6.07, 6.45) is 0.189. The molecule has 0 bridgehead atoms. The number of benzene rings is 1. The van der Waals surface area contributed by atoms with Gasteiger partial charge in [-0.2, -0.15) is 0 Å². The Hall–Kier alpha value is -2.24. The van der Waals surface area contributed by atoms with Crippen LogP contribution in [-0.2, 0) is 14.3 Å². The van der Waals surface area contributed by atoms with E-state index >= 15 is 0 Å². The highest BCUT2D eigenvalue weighted by Gasteiger charge is 2.64. The highest BCUT2D eigenvalue weighted by molar-refractivity contribution is 5.81. The molecular formula is C17H19NO5. The number of ketones is 1. The number of carbonyl (C=O) groups is 2. The first-order valence-corrected chi connectivity index (χ1v) is 7.75. The molecule has 2 aliphatic rings. The van der Waals surface area contributed by atoms with Gasteiger partial charge in [0.05, 0.1) is 12.3 Å². The standard InChI is InChI=1S/C17H19NO5/c1-10(19)12-8-14(18(21)22)13-9-15(20)23-17(13,2)16(12)11-6-4-3-5-7-11/h3-7,12-14,16H,8-9H2,1-2H3/t12-,13+,14-,16-,17+/m1/s1. The average molecular weight is 317 g/mol. The zero-order valence-electron chi connectivity index (χ0n) is 13.1. The topological polar surface area (TPSA) is 86.5 Å². The molecule has 5 atom stereocenters. The second-order valence-corrected chi connectivity index (χ2v) is 6.66. The van der Waals surface area contributed by atoms with E-state index in [-0.39, 0.29) is 29.5 Å². The Morgan fingerprint density at radius 2 is 2.00 bits per heavy atom. The number of esters is 1. The van der Waals surface area contributed by atoms with Crippen molar-refractivity contribution in [2.24, 2.45) is 11.8 Å². The fraction of sp³-hybridized carbons (Fsp3) is 0.529. The molecule has 0 amide bonds. The van der Waals surface area contributed by atoms with Gasteiger partial charge in [-0.1, -0.05) is 30.3 Å². The number of carbonyl (C=O) groups excluding carboxylic acids is 2. The van der Waals surface area contributed by atoms with E-state index in [1.807, 2.05) is 30.3 Å². The summed E-state index contributed by atoms with van der Waals surface area (Å²) in [5, 5.41) is 11.5. The summed E-state index contributed by atoms with van der Waals surface area (Å²) < 4.78 is 5.59. The molecule has 0 unspecified atom stereocenters. The first kappa shape index (κ1) is 15.6. The summed E-state index contributed by atoms with van der Waals surface area (Å²) in [6.45, 7) is 3.20. The minimum Gasteiger partial charge on any atom is -0.458 e. The molecule has 3 rings (SSSR count). The van der Waals surface area contributed by atoms with E-state index in [1.54, 1.807) is 6.92 Å². The number of hydrogen-bond donors (Lipinski definition) is 0. The van der Waals surface area contributed by atoms with Gasteiger partial charge in [-0.25, -0.2) is 0 Å². The Kier molecular flexibility index (Phi) is 3.70. The predicted molar refractivity (Wildman–Crippen MR) is 81.4 cm³/mol. The molecule has 2 fully saturated rings. The van der Waals surface area contributed by atoms with E-state index in [1.165, 1.54) is 6.92 Å². The van der Waals surface area contributed by atoms with Crippen LogP contribution in [0.3, 0.4) is 0 Å². The van der Waals surface area contributed by atoms with Crippen LogP contribution in [0.2, 0.25) is 0 Å². The molecule has 0 N–H and O–H groups in total. The van der Waals surface area contributed by atoms with Gasteiger partial charge >= 0.3 is 5.97 Å². The molecule has 0 radical (unpaired) electrons. The number of nitrogens with zero attached hydrogens (tertiary/aromatic N) is 1. The van der Waals surface area contributed by atoms with Crippen molar-refractivity contribution in [2.45, 2.75) is 44.2 Å². The van der Waals surface area contributed by atoms with Gasteiger partial charge in [-0.15, -0.1) is 0 Å². The van der Waals surface area contributed by atoms with E-state index in [4.69, 9.17) is 4.74 Å². The Bertz CT molecular complexity index is 658. The second-order valence-electron chi connectivity index (χ2n) is 6.66. The monoisotopic (exact) mass is 317 g/mol. The van der Waals surface area contributed by atoms with E-state index in [9.17, 15) is 19.7 Å². The van der Waals surface area contributed by atoms with Crippen LogP contribution in [0.1, 0.15) is 38.2 Å². The molecule has 0 aromatic heterocycles. The number of nitro groups is 1. The van der Waals surface area contributed by atoms with Crippen molar-refractivity contribution in [2.75, 3.05) is 0 Å². The van der Waals surface area contributed by atoms with Gasteiger partial charge < -0.3 is 4.74 Å². The van der Waals surface area contributed by atoms with E-state index in [0.29, 0.717) is 0 Å². The van der Waals surface area contributed by atoms with Crippen LogP contribution in [0.5, 0.6) is 0 Å². The molecule has 1 saturated carbocycles. The van der Waals surface area contributed by atoms with Crippen LogP contribution in [0.15, 0.2) is 30.3 Å². The average Bonchev–Trinajstić information content (AvgIpc) is 2.80. The highest BCUT2D eigenvalue weighted by atomic mass is 16.6. The molecule has 1 aromatic carbocycles. The minimum absolute atomic E-state index is 0.0378. The molecule has 6 nitrogen and oxygen atoms in total. The van der Waals surface area contributed by atoms with Gasteiger partial charge in [-0.05, 0) is 19.4 Å². The zero-order valence-corrected chi connectivity index (χ0v) is 13.1. The van der Waals surface area contributed by atoms with Gasteiger partial charge in [0.1, 0.15) is 11.4 Å². The zero-order chi connectivity index (χ0) is 16.8. The van der Waals surface area contributed by atoms with Crippen molar-refractivity contribution >= 4 is 11.8 Å². The maximum Gasteiger partial charge on any atom is 0.307 e. The molecular weight excluding hydrogens is 298 g/mol. The van der Waals surface area contributed by atoms with E-state index in [0.717, 1.165) is 5.56 Å². The van der Waals surface area contributed by atoms with Crippen LogP contribution in [-0.4, -0.2) is 28.3 Å². The maximum absolute atomic E-state index is 12.2. The largest absolute Gasteiger partial charge is 0.458 e. The number of Topliss-reactive ketones (excluding diaryl/α,β-unsaturated/α-hetero) is 1. The van der Waals surface area contributed by atoms with Crippen LogP contribution < -0.4 is 0 Å². The van der Waals surface area contributed by atoms with Crippen molar-refractivity contribution < 1.29 is 19.2 Å². The van der Waals surface area contributed by atoms with Crippen LogP contribution >= 0.6 is 0 Å². The van der Waals surface area contributed by atoms with Crippen LogP contribution in [0.4, 0.5) is 0 Å². The summed E-state index contributed by atoms with van der Waals surface area (Å²) in [6, 6.07) is 8.45. The van der Waals surface area contributed by atoms with Crippen molar-refractivity contribution in [1.82, 2.24) is 0 Å². The lowest BCUT2D eigenvalue weighted by atomic mass is 9.59. The molecule has 122 valence electrons. The maximum atomic E-state index is 12.2. The number of rotatable bonds is 3. The first-order valence-electron chi connectivity index (χ1n) is 7.75. The molecule has 1 aliphatic carbocycles. The Labute approximate surface area is 134 Å². The summed E-state index contributed by atoms with van der Waals surface area (Å²) >= 11 is 0. The summed E-state index contributed by atoms with van der Waals surface area (Å²) in [5.74, 6) is -1.91. The third-order valence-electron chi connectivity index (χ3n) is 5.39. The van der Waals surface area contributed by atoms with Gasteiger partial charge in [0.25, 0.3) is 0 Å². The highest BCUT2D eigenvalue weighted by Crippen LogP contribution is 2.54. The Morgan fingerprint density at radius 3 is 2.57 bits per heavy atom. The molecule has 0 spiro atoms. The first-order chi connectivity index (χ1) is 10.8. The van der Waals surface area contributed by atoms with Crippen molar-refractivity contribution in [3.8, 4) is 0 Å². The number of ether oxygens (including phenoxy) is 1. The van der Waals surface area contributed by atoms with E-state index in [2.05, 4.69) is 0 Å². The van der Waals surface area contributed by atoms with Gasteiger partial charge in [0.2, 0.25) is 6.04 Å². The minimum atomic E-state index is -1.02. The quantitative estimate of drug-likeness (QED) is 0.485. The molecule has 1 aliphatic heterocycles. The van der Waals surface area contributed by atoms with Crippen molar-refractivity contribution in [1.29, 1.82) is 0 Å². The van der Waals surface area contributed by atoms with Gasteiger partial charge in [-0.3, -0.25) is 19.7 Å².